The number of carbonyl (C=O) groups is 1. The lowest BCUT2D eigenvalue weighted by Crippen LogP contribution is -2.22. The molecule has 0 spiro atoms. The Bertz CT molecular complexity index is 883. The zero-order valence-electron chi connectivity index (χ0n) is 13.5. The van der Waals surface area contributed by atoms with E-state index in [0.717, 1.165) is 21.3 Å². The van der Waals surface area contributed by atoms with Crippen LogP contribution in [0.25, 0.3) is 11.3 Å². The molecule has 2 aromatic carbocycles. The number of aromatic nitrogens is 1. The average Bonchev–Trinajstić information content (AvgIpc) is 3.38. The summed E-state index contributed by atoms with van der Waals surface area (Å²) in [5.74, 6) is 0.619. The summed E-state index contributed by atoms with van der Waals surface area (Å²) in [7, 11) is 0. The number of benzene rings is 2. The number of amides is 1. The number of nitrogens with one attached hydrogen (secondary N) is 1. The summed E-state index contributed by atoms with van der Waals surface area (Å²) in [5, 5.41) is 6.30. The molecule has 0 aliphatic heterocycles. The van der Waals surface area contributed by atoms with Crippen molar-refractivity contribution in [1.82, 2.24) is 10.3 Å². The van der Waals surface area contributed by atoms with Crippen LogP contribution in [0.1, 0.15) is 39.7 Å². The van der Waals surface area contributed by atoms with E-state index in [1.54, 1.807) is 11.3 Å². The van der Waals surface area contributed by atoms with Gasteiger partial charge in [-0.2, -0.15) is 0 Å². The molecule has 0 saturated heterocycles. The smallest absolute Gasteiger partial charge is 0.251 e. The van der Waals surface area contributed by atoms with Gasteiger partial charge in [0.2, 0.25) is 0 Å². The van der Waals surface area contributed by atoms with Gasteiger partial charge >= 0.3 is 0 Å². The third kappa shape index (κ3) is 3.99. The van der Waals surface area contributed by atoms with E-state index in [0.29, 0.717) is 18.0 Å². The quantitative estimate of drug-likeness (QED) is 0.610. The monoisotopic (exact) mass is 412 g/mol. The van der Waals surface area contributed by atoms with Crippen LogP contribution in [0.15, 0.2) is 58.4 Å². The van der Waals surface area contributed by atoms with Crippen molar-refractivity contribution in [3.63, 3.8) is 0 Å². The first-order chi connectivity index (χ1) is 12.2. The van der Waals surface area contributed by atoms with Gasteiger partial charge in [0.25, 0.3) is 5.91 Å². The molecule has 3 nitrogen and oxygen atoms in total. The van der Waals surface area contributed by atoms with Gasteiger partial charge in [-0.15, -0.1) is 11.3 Å². The van der Waals surface area contributed by atoms with E-state index >= 15 is 0 Å². The second-order valence-corrected chi connectivity index (χ2v) is 8.04. The molecule has 1 aliphatic carbocycles. The van der Waals surface area contributed by atoms with Crippen molar-refractivity contribution in [2.45, 2.75) is 25.3 Å². The first kappa shape index (κ1) is 16.5. The number of rotatable bonds is 5. The van der Waals surface area contributed by atoms with Crippen molar-refractivity contribution in [1.29, 1.82) is 0 Å². The van der Waals surface area contributed by atoms with Crippen LogP contribution < -0.4 is 5.32 Å². The highest BCUT2D eigenvalue weighted by Gasteiger charge is 2.26. The van der Waals surface area contributed by atoms with Gasteiger partial charge in [0.15, 0.2) is 0 Å². The molecule has 4 rings (SSSR count). The molecule has 1 fully saturated rings. The van der Waals surface area contributed by atoms with Crippen molar-refractivity contribution in [2.24, 2.45) is 0 Å². The number of hydrogen-bond acceptors (Lipinski definition) is 3. The number of halogens is 1. The van der Waals surface area contributed by atoms with Gasteiger partial charge < -0.3 is 5.32 Å². The van der Waals surface area contributed by atoms with Gasteiger partial charge in [-0.25, -0.2) is 4.98 Å². The number of nitrogens with zero attached hydrogens (tertiary/aromatic N) is 1. The SMILES string of the molecule is O=C(NCc1ccc(Br)cc1)c1ccc(-c2csc(C3CC3)n2)cc1. The Kier molecular flexibility index (Phi) is 4.68. The highest BCUT2D eigenvalue weighted by atomic mass is 79.9. The fourth-order valence-electron chi connectivity index (χ4n) is 2.62. The first-order valence-corrected chi connectivity index (χ1v) is 9.95. The molecular formula is C20H17BrN2OS. The van der Waals surface area contributed by atoms with Gasteiger partial charge in [-0.05, 0) is 42.7 Å². The molecule has 126 valence electrons. The molecule has 3 aromatic rings. The summed E-state index contributed by atoms with van der Waals surface area (Å²) in [6.07, 6.45) is 2.54. The summed E-state index contributed by atoms with van der Waals surface area (Å²) in [6, 6.07) is 15.6. The Morgan fingerprint density at radius 1 is 1.12 bits per heavy atom. The summed E-state index contributed by atoms with van der Waals surface area (Å²) in [5.41, 5.74) is 3.81. The van der Waals surface area contributed by atoms with Crippen LogP contribution in [-0.2, 0) is 6.54 Å². The summed E-state index contributed by atoms with van der Waals surface area (Å²) in [4.78, 5) is 17.0. The van der Waals surface area contributed by atoms with Crippen LogP contribution in [0.5, 0.6) is 0 Å². The van der Waals surface area contributed by atoms with E-state index in [9.17, 15) is 4.79 Å². The minimum atomic E-state index is -0.0635. The van der Waals surface area contributed by atoms with Crippen molar-refractivity contribution in [2.75, 3.05) is 0 Å². The normalized spacial score (nSPS) is 13.6. The molecule has 1 heterocycles. The minimum Gasteiger partial charge on any atom is -0.348 e. The maximum atomic E-state index is 12.3. The zero-order valence-corrected chi connectivity index (χ0v) is 15.9. The molecule has 0 unspecified atom stereocenters. The fourth-order valence-corrected chi connectivity index (χ4v) is 3.88. The molecule has 1 N–H and O–H groups in total. The molecule has 0 radical (unpaired) electrons. The van der Waals surface area contributed by atoms with Crippen LogP contribution in [0.3, 0.4) is 0 Å². The Balaban J connectivity index is 1.40. The molecule has 1 saturated carbocycles. The minimum absolute atomic E-state index is 0.0635. The molecule has 1 aliphatic rings. The van der Waals surface area contributed by atoms with E-state index in [1.807, 2.05) is 48.5 Å². The number of hydrogen-bond donors (Lipinski definition) is 1. The Morgan fingerprint density at radius 3 is 2.52 bits per heavy atom. The van der Waals surface area contributed by atoms with Gasteiger partial charge in [0, 0.05) is 33.4 Å². The predicted molar refractivity (Wildman–Crippen MR) is 105 cm³/mol. The molecule has 0 bridgehead atoms. The summed E-state index contributed by atoms with van der Waals surface area (Å²) < 4.78 is 1.03. The molecule has 25 heavy (non-hydrogen) atoms. The highest BCUT2D eigenvalue weighted by molar-refractivity contribution is 9.10. The Hall–Kier alpha value is -1.98. The second kappa shape index (κ2) is 7.10. The molecule has 5 heteroatoms. The Labute approximate surface area is 159 Å². The highest BCUT2D eigenvalue weighted by Crippen LogP contribution is 2.42. The third-order valence-corrected chi connectivity index (χ3v) is 5.79. The van der Waals surface area contributed by atoms with Crippen molar-refractivity contribution < 1.29 is 4.79 Å². The van der Waals surface area contributed by atoms with Gasteiger partial charge in [0.1, 0.15) is 0 Å². The maximum absolute atomic E-state index is 12.3. The summed E-state index contributed by atoms with van der Waals surface area (Å²) in [6.45, 7) is 0.519. The van der Waals surface area contributed by atoms with Crippen molar-refractivity contribution in [3.05, 3.63) is 74.5 Å². The van der Waals surface area contributed by atoms with Gasteiger partial charge in [-0.3, -0.25) is 4.79 Å². The lowest BCUT2D eigenvalue weighted by Gasteiger charge is -2.06. The molecule has 0 atom stereocenters. The largest absolute Gasteiger partial charge is 0.348 e. The van der Waals surface area contributed by atoms with Crippen LogP contribution in [0.2, 0.25) is 0 Å². The van der Waals surface area contributed by atoms with E-state index in [4.69, 9.17) is 4.98 Å². The number of thiazole rings is 1. The lowest BCUT2D eigenvalue weighted by molar-refractivity contribution is 0.0951. The van der Waals surface area contributed by atoms with E-state index in [2.05, 4.69) is 26.6 Å². The molecule has 1 amide bonds. The standard InChI is InChI=1S/C20H17BrN2OS/c21-17-9-1-13(2-10-17)11-22-19(24)15-5-3-14(4-6-15)18-12-25-20(23-18)16-7-8-16/h1-6,9-10,12,16H,7-8,11H2,(H,22,24). The van der Waals surface area contributed by atoms with Gasteiger partial charge in [-0.1, -0.05) is 40.2 Å². The molecule has 1 aromatic heterocycles. The number of carbonyl (C=O) groups excluding carboxylic acids is 1. The van der Waals surface area contributed by atoms with E-state index in [-0.39, 0.29) is 5.91 Å². The van der Waals surface area contributed by atoms with Crippen molar-refractivity contribution in [3.8, 4) is 11.3 Å². The first-order valence-electron chi connectivity index (χ1n) is 8.27. The summed E-state index contributed by atoms with van der Waals surface area (Å²) >= 11 is 5.15. The maximum Gasteiger partial charge on any atom is 0.251 e. The average molecular weight is 413 g/mol. The fraction of sp³-hybridized carbons (Fsp3) is 0.200. The third-order valence-electron chi connectivity index (χ3n) is 4.26. The van der Waals surface area contributed by atoms with Crippen LogP contribution >= 0.6 is 27.3 Å². The molecular weight excluding hydrogens is 396 g/mol. The van der Waals surface area contributed by atoms with E-state index in [1.165, 1.54) is 17.8 Å². The van der Waals surface area contributed by atoms with Crippen LogP contribution in [0.4, 0.5) is 0 Å². The Morgan fingerprint density at radius 2 is 1.84 bits per heavy atom. The van der Waals surface area contributed by atoms with Crippen LogP contribution in [0, 0.1) is 0 Å². The topological polar surface area (TPSA) is 42.0 Å². The lowest BCUT2D eigenvalue weighted by atomic mass is 10.1. The second-order valence-electron chi connectivity index (χ2n) is 6.23. The zero-order chi connectivity index (χ0) is 17.2. The predicted octanol–water partition coefficient (Wildman–Crippen LogP) is 5.38. The van der Waals surface area contributed by atoms with E-state index < -0.39 is 0 Å². The van der Waals surface area contributed by atoms with Gasteiger partial charge in [0.05, 0.1) is 10.7 Å². The van der Waals surface area contributed by atoms with Crippen molar-refractivity contribution >= 4 is 33.2 Å². The van der Waals surface area contributed by atoms with Crippen LogP contribution in [-0.4, -0.2) is 10.9 Å².